The van der Waals surface area contributed by atoms with E-state index in [1.165, 1.54) is 0 Å². The minimum absolute atomic E-state index is 0.479. The highest BCUT2D eigenvalue weighted by molar-refractivity contribution is 5.94. The van der Waals surface area contributed by atoms with E-state index in [4.69, 9.17) is 0 Å². The molecule has 1 aliphatic rings. The van der Waals surface area contributed by atoms with E-state index in [1.54, 1.807) is 0 Å². The van der Waals surface area contributed by atoms with Gasteiger partial charge in [0.15, 0.2) is 23.1 Å². The second-order valence-corrected chi connectivity index (χ2v) is 5.04. The molecule has 1 aromatic rings. The predicted molar refractivity (Wildman–Crippen MR) is 62.5 cm³/mol. The van der Waals surface area contributed by atoms with Gasteiger partial charge in [0.1, 0.15) is 0 Å². The first-order valence-electron chi connectivity index (χ1n) is 6.29. The largest absolute Gasteiger partial charge is 0.417 e. The molecule has 122 valence electrons. The van der Waals surface area contributed by atoms with Gasteiger partial charge in [-0.3, -0.25) is 4.79 Å². The second kappa shape index (κ2) is 5.45. The van der Waals surface area contributed by atoms with Crippen LogP contribution >= 0.6 is 0 Å². The number of carbonyl (C=O) groups is 1. The molecule has 1 saturated heterocycles. The molecule has 0 radical (unpaired) electrons. The van der Waals surface area contributed by atoms with Crippen molar-refractivity contribution < 1.29 is 36.2 Å². The maximum atomic E-state index is 13.5. The third-order valence-corrected chi connectivity index (χ3v) is 3.67. The van der Waals surface area contributed by atoms with Crippen LogP contribution in [0.1, 0.15) is 23.2 Å². The molecular weight excluding hydrogens is 316 g/mol. The summed E-state index contributed by atoms with van der Waals surface area (Å²) in [7, 11) is 0. The molecule has 0 bridgehead atoms. The first-order valence-corrected chi connectivity index (χ1v) is 6.29. The number of rotatable bonds is 1. The molecule has 3 nitrogen and oxygen atoms in total. The lowest BCUT2D eigenvalue weighted by atomic mass is 9.90. The topological polar surface area (TPSA) is 40.5 Å². The molecular formula is C13H11F6NO2. The van der Waals surface area contributed by atoms with Crippen molar-refractivity contribution in [3.8, 4) is 0 Å². The van der Waals surface area contributed by atoms with Crippen LogP contribution in [0.3, 0.4) is 0 Å². The summed E-state index contributed by atoms with van der Waals surface area (Å²) in [6.45, 7) is -0.958. The molecule has 1 N–H and O–H groups in total. The van der Waals surface area contributed by atoms with Gasteiger partial charge in [0.25, 0.3) is 5.91 Å². The zero-order chi connectivity index (χ0) is 16.7. The summed E-state index contributed by atoms with van der Waals surface area (Å²) in [5, 5.41) is 9.47. The number of piperidine rings is 1. The van der Waals surface area contributed by atoms with Crippen LogP contribution in [-0.4, -0.2) is 40.8 Å². The number of aliphatic hydroxyl groups is 1. The first kappa shape index (κ1) is 16.6. The van der Waals surface area contributed by atoms with Crippen LogP contribution in [0.2, 0.25) is 0 Å². The Bertz CT molecular complexity index is 593. The van der Waals surface area contributed by atoms with E-state index >= 15 is 0 Å². The summed E-state index contributed by atoms with van der Waals surface area (Å²) in [6.07, 6.45) is -6.38. The Kier molecular flexibility index (Phi) is 4.12. The molecule has 0 unspecified atom stereocenters. The second-order valence-electron chi connectivity index (χ2n) is 5.04. The highest BCUT2D eigenvalue weighted by Gasteiger charge is 2.55. The van der Waals surface area contributed by atoms with E-state index < -0.39 is 66.6 Å². The Morgan fingerprint density at radius 2 is 1.64 bits per heavy atom. The van der Waals surface area contributed by atoms with Crippen molar-refractivity contribution in [2.75, 3.05) is 13.1 Å². The molecule has 1 aliphatic heterocycles. The van der Waals surface area contributed by atoms with Crippen molar-refractivity contribution in [3.05, 3.63) is 35.1 Å². The standard InChI is InChI=1S/C13H11F6NO2/c14-8-2-1-7(9(15)10(8)16)11(21)20-5-3-12(22,4-6-20)13(17,18)19/h1-2,22H,3-6H2. The van der Waals surface area contributed by atoms with Gasteiger partial charge in [-0.2, -0.15) is 13.2 Å². The number of carbonyl (C=O) groups excluding carboxylic acids is 1. The summed E-state index contributed by atoms with van der Waals surface area (Å²) >= 11 is 0. The molecule has 0 aromatic heterocycles. The molecule has 1 aromatic carbocycles. The van der Waals surface area contributed by atoms with E-state index in [2.05, 4.69) is 0 Å². The molecule has 0 aliphatic carbocycles. The number of amides is 1. The number of hydrogen-bond acceptors (Lipinski definition) is 2. The molecule has 2 rings (SSSR count). The monoisotopic (exact) mass is 327 g/mol. The highest BCUT2D eigenvalue weighted by atomic mass is 19.4. The van der Waals surface area contributed by atoms with Crippen LogP contribution in [0.25, 0.3) is 0 Å². The average Bonchev–Trinajstić information content (AvgIpc) is 2.44. The first-order chi connectivity index (χ1) is 10.1. The van der Waals surface area contributed by atoms with Crippen molar-refractivity contribution in [2.45, 2.75) is 24.6 Å². The van der Waals surface area contributed by atoms with Crippen molar-refractivity contribution in [2.24, 2.45) is 0 Å². The lowest BCUT2D eigenvalue weighted by molar-refractivity contribution is -0.271. The molecule has 9 heteroatoms. The fraction of sp³-hybridized carbons (Fsp3) is 0.462. The molecule has 22 heavy (non-hydrogen) atoms. The van der Waals surface area contributed by atoms with Gasteiger partial charge < -0.3 is 10.0 Å². The Morgan fingerprint density at radius 3 is 2.14 bits per heavy atom. The fourth-order valence-corrected chi connectivity index (χ4v) is 2.22. The molecule has 1 amide bonds. The van der Waals surface area contributed by atoms with Crippen molar-refractivity contribution in [1.29, 1.82) is 0 Å². The minimum atomic E-state index is -4.84. The zero-order valence-corrected chi connectivity index (χ0v) is 11.1. The Balaban J connectivity index is 2.16. The maximum Gasteiger partial charge on any atom is 0.417 e. The average molecular weight is 327 g/mol. The normalized spacial score (nSPS) is 18.4. The van der Waals surface area contributed by atoms with E-state index in [-0.39, 0.29) is 0 Å². The summed E-state index contributed by atoms with van der Waals surface area (Å²) in [5.74, 6) is -6.05. The van der Waals surface area contributed by atoms with Crippen LogP contribution in [0.4, 0.5) is 26.3 Å². The van der Waals surface area contributed by atoms with E-state index in [1.807, 2.05) is 0 Å². The Morgan fingerprint density at radius 1 is 1.09 bits per heavy atom. The number of halogens is 6. The van der Waals surface area contributed by atoms with E-state index in [9.17, 15) is 36.2 Å². The molecule has 1 heterocycles. The Hall–Kier alpha value is -1.77. The van der Waals surface area contributed by atoms with Gasteiger partial charge in [-0.1, -0.05) is 0 Å². The van der Waals surface area contributed by atoms with Gasteiger partial charge in [0.2, 0.25) is 0 Å². The summed E-state index contributed by atoms with van der Waals surface area (Å²) in [6, 6.07) is 1.28. The number of nitrogens with zero attached hydrogens (tertiary/aromatic N) is 1. The highest BCUT2D eigenvalue weighted by Crippen LogP contribution is 2.38. The molecule has 0 spiro atoms. The Labute approximate surface area is 121 Å². The summed E-state index contributed by atoms with van der Waals surface area (Å²) in [5.41, 5.74) is -3.67. The van der Waals surface area contributed by atoms with Gasteiger partial charge in [0, 0.05) is 25.9 Å². The summed E-state index contributed by atoms with van der Waals surface area (Å²) in [4.78, 5) is 12.8. The smallest absolute Gasteiger partial charge is 0.380 e. The lowest BCUT2D eigenvalue weighted by Crippen LogP contribution is -2.54. The van der Waals surface area contributed by atoms with Gasteiger partial charge in [-0.25, -0.2) is 13.2 Å². The van der Waals surface area contributed by atoms with Crippen LogP contribution < -0.4 is 0 Å². The van der Waals surface area contributed by atoms with Crippen molar-refractivity contribution >= 4 is 5.91 Å². The van der Waals surface area contributed by atoms with Crippen LogP contribution in [-0.2, 0) is 0 Å². The zero-order valence-electron chi connectivity index (χ0n) is 11.1. The van der Waals surface area contributed by atoms with Gasteiger partial charge >= 0.3 is 6.18 Å². The third kappa shape index (κ3) is 2.77. The van der Waals surface area contributed by atoms with Crippen molar-refractivity contribution in [1.82, 2.24) is 4.90 Å². The molecule has 1 fully saturated rings. The summed E-state index contributed by atoms with van der Waals surface area (Å²) < 4.78 is 77.3. The molecule has 0 saturated carbocycles. The number of hydrogen-bond donors (Lipinski definition) is 1. The van der Waals surface area contributed by atoms with E-state index in [0.717, 1.165) is 11.0 Å². The van der Waals surface area contributed by atoms with Gasteiger partial charge in [0.05, 0.1) is 5.56 Å². The van der Waals surface area contributed by atoms with Crippen LogP contribution in [0, 0.1) is 17.5 Å². The van der Waals surface area contributed by atoms with Crippen LogP contribution in [0.15, 0.2) is 12.1 Å². The van der Waals surface area contributed by atoms with Gasteiger partial charge in [-0.05, 0) is 12.1 Å². The van der Waals surface area contributed by atoms with Crippen LogP contribution in [0.5, 0.6) is 0 Å². The molecule has 0 atom stereocenters. The number of alkyl halides is 3. The fourth-order valence-electron chi connectivity index (χ4n) is 2.22. The lowest BCUT2D eigenvalue weighted by Gasteiger charge is -2.39. The number of benzene rings is 1. The van der Waals surface area contributed by atoms with E-state index in [0.29, 0.717) is 6.07 Å². The minimum Gasteiger partial charge on any atom is -0.380 e. The van der Waals surface area contributed by atoms with Crippen molar-refractivity contribution in [3.63, 3.8) is 0 Å². The predicted octanol–water partition coefficient (Wildman–Crippen LogP) is 2.63. The van der Waals surface area contributed by atoms with Gasteiger partial charge in [-0.15, -0.1) is 0 Å². The SMILES string of the molecule is O=C(c1ccc(F)c(F)c1F)N1CCC(O)(C(F)(F)F)CC1. The number of likely N-dealkylation sites (tertiary alicyclic amines) is 1. The quantitative estimate of drug-likeness (QED) is 0.636. The maximum absolute atomic E-state index is 13.5. The third-order valence-electron chi connectivity index (χ3n) is 3.67.